The zero-order valence-electron chi connectivity index (χ0n) is 11.3. The van der Waals surface area contributed by atoms with Crippen LogP contribution < -0.4 is 5.73 Å². The molecule has 0 aromatic heterocycles. The maximum Gasteiger partial charge on any atom is 0.323 e. The molecule has 2 N–H and O–H groups in total. The van der Waals surface area contributed by atoms with Gasteiger partial charge in [0.15, 0.2) is 0 Å². The van der Waals surface area contributed by atoms with Gasteiger partial charge in [0, 0.05) is 6.04 Å². The Kier molecular flexibility index (Phi) is 5.92. The summed E-state index contributed by atoms with van der Waals surface area (Å²) in [5, 5.41) is 0. The number of ether oxygens (including phenoxy) is 1. The number of esters is 1. The Morgan fingerprint density at radius 3 is 2.71 bits per heavy atom. The Morgan fingerprint density at radius 2 is 2.18 bits per heavy atom. The Balaban J connectivity index is 2.66. The Hall–Kier alpha value is -0.610. The third kappa shape index (κ3) is 3.42. The van der Waals surface area contributed by atoms with E-state index in [1.807, 2.05) is 13.8 Å². The third-order valence-corrected chi connectivity index (χ3v) is 3.84. The van der Waals surface area contributed by atoms with E-state index < -0.39 is 0 Å². The van der Waals surface area contributed by atoms with Gasteiger partial charge in [0.2, 0.25) is 0 Å². The van der Waals surface area contributed by atoms with Crippen LogP contribution in [0.2, 0.25) is 0 Å². The fourth-order valence-corrected chi connectivity index (χ4v) is 2.92. The average Bonchev–Trinajstić information content (AvgIpc) is 2.78. The van der Waals surface area contributed by atoms with Crippen molar-refractivity contribution in [2.45, 2.75) is 52.1 Å². The predicted molar refractivity (Wildman–Crippen MR) is 68.7 cm³/mol. The minimum Gasteiger partial charge on any atom is -0.465 e. The summed E-state index contributed by atoms with van der Waals surface area (Å²) in [7, 11) is 0. The topological polar surface area (TPSA) is 55.6 Å². The zero-order chi connectivity index (χ0) is 12.8. The molecule has 17 heavy (non-hydrogen) atoms. The van der Waals surface area contributed by atoms with E-state index in [2.05, 4.69) is 11.8 Å². The molecule has 0 saturated heterocycles. The van der Waals surface area contributed by atoms with Crippen LogP contribution in [-0.4, -0.2) is 42.6 Å². The van der Waals surface area contributed by atoms with Crippen LogP contribution in [0, 0.1) is 5.92 Å². The summed E-state index contributed by atoms with van der Waals surface area (Å²) in [6.45, 7) is 7.93. The number of likely N-dealkylation sites (N-methyl/N-ethyl adjacent to an activating group) is 1. The lowest BCUT2D eigenvalue weighted by Gasteiger charge is -2.35. The van der Waals surface area contributed by atoms with Crippen LogP contribution in [0.4, 0.5) is 0 Å². The van der Waals surface area contributed by atoms with Crippen molar-refractivity contribution in [3.8, 4) is 0 Å². The molecule has 0 bridgehead atoms. The molecule has 4 heteroatoms. The van der Waals surface area contributed by atoms with Crippen molar-refractivity contribution >= 4 is 5.97 Å². The van der Waals surface area contributed by atoms with E-state index in [0.717, 1.165) is 19.5 Å². The molecular weight excluding hydrogens is 216 g/mol. The van der Waals surface area contributed by atoms with E-state index in [1.54, 1.807) is 0 Å². The Labute approximate surface area is 104 Å². The second-order valence-corrected chi connectivity index (χ2v) is 4.75. The molecule has 0 heterocycles. The van der Waals surface area contributed by atoms with Crippen LogP contribution in [0.25, 0.3) is 0 Å². The second-order valence-electron chi connectivity index (χ2n) is 4.75. The van der Waals surface area contributed by atoms with Gasteiger partial charge in [0.25, 0.3) is 0 Å². The molecule has 0 aliphatic heterocycles. The van der Waals surface area contributed by atoms with Crippen molar-refractivity contribution in [2.24, 2.45) is 11.7 Å². The molecule has 1 fully saturated rings. The smallest absolute Gasteiger partial charge is 0.323 e. The largest absolute Gasteiger partial charge is 0.465 e. The summed E-state index contributed by atoms with van der Waals surface area (Å²) in [5.41, 5.74) is 5.81. The molecule has 0 amide bonds. The Morgan fingerprint density at radius 1 is 1.47 bits per heavy atom. The molecule has 100 valence electrons. The number of rotatable bonds is 6. The lowest BCUT2D eigenvalue weighted by molar-refractivity contribution is -0.150. The SMILES string of the molecule is CCOC(=O)C(C)N(CC)C1CCCC1CN. The highest BCUT2D eigenvalue weighted by atomic mass is 16.5. The predicted octanol–water partition coefficient (Wildman–Crippen LogP) is 1.39. The summed E-state index contributed by atoms with van der Waals surface area (Å²) in [6.07, 6.45) is 3.56. The maximum absolute atomic E-state index is 11.8. The van der Waals surface area contributed by atoms with Gasteiger partial charge < -0.3 is 10.5 Å². The van der Waals surface area contributed by atoms with Gasteiger partial charge in [-0.15, -0.1) is 0 Å². The fourth-order valence-electron chi connectivity index (χ4n) is 2.92. The first-order chi connectivity index (χ1) is 8.15. The lowest BCUT2D eigenvalue weighted by Crippen LogP contribution is -2.49. The molecule has 1 aliphatic rings. The molecule has 0 radical (unpaired) electrons. The summed E-state index contributed by atoms with van der Waals surface area (Å²) in [6, 6.07) is 0.293. The van der Waals surface area contributed by atoms with E-state index in [1.165, 1.54) is 12.8 Å². The van der Waals surface area contributed by atoms with E-state index in [4.69, 9.17) is 10.5 Å². The van der Waals surface area contributed by atoms with Crippen molar-refractivity contribution < 1.29 is 9.53 Å². The minimum atomic E-state index is -0.155. The highest BCUT2D eigenvalue weighted by molar-refractivity contribution is 5.75. The molecule has 0 spiro atoms. The first kappa shape index (κ1) is 14.5. The fraction of sp³-hybridized carbons (Fsp3) is 0.923. The number of carbonyl (C=O) groups is 1. The molecule has 0 aromatic carbocycles. The van der Waals surface area contributed by atoms with Gasteiger partial charge in [0.1, 0.15) is 6.04 Å². The van der Waals surface area contributed by atoms with Gasteiger partial charge in [0.05, 0.1) is 6.61 Å². The van der Waals surface area contributed by atoms with Crippen LogP contribution in [0.15, 0.2) is 0 Å². The molecule has 0 aromatic rings. The summed E-state index contributed by atoms with van der Waals surface area (Å²) < 4.78 is 5.10. The van der Waals surface area contributed by atoms with Gasteiger partial charge in [-0.1, -0.05) is 13.3 Å². The third-order valence-electron chi connectivity index (χ3n) is 3.84. The number of nitrogens with zero attached hydrogens (tertiary/aromatic N) is 1. The monoisotopic (exact) mass is 242 g/mol. The standard InChI is InChI=1S/C13H26N2O2/c1-4-15(10(3)13(16)17-5-2)12-8-6-7-11(12)9-14/h10-12H,4-9,14H2,1-3H3. The minimum absolute atomic E-state index is 0.114. The molecule has 1 saturated carbocycles. The first-order valence-electron chi connectivity index (χ1n) is 6.78. The summed E-state index contributed by atoms with van der Waals surface area (Å²) >= 11 is 0. The van der Waals surface area contributed by atoms with E-state index >= 15 is 0 Å². The van der Waals surface area contributed by atoms with Crippen LogP contribution in [-0.2, 0) is 9.53 Å². The van der Waals surface area contributed by atoms with Crippen molar-refractivity contribution in [1.82, 2.24) is 4.90 Å². The summed E-state index contributed by atoms with van der Waals surface area (Å²) in [4.78, 5) is 14.1. The molecule has 3 unspecified atom stereocenters. The van der Waals surface area contributed by atoms with Crippen molar-refractivity contribution in [1.29, 1.82) is 0 Å². The maximum atomic E-state index is 11.8. The van der Waals surface area contributed by atoms with E-state index in [0.29, 0.717) is 18.6 Å². The number of hydrogen-bond acceptors (Lipinski definition) is 4. The highest BCUT2D eigenvalue weighted by Crippen LogP contribution is 2.30. The van der Waals surface area contributed by atoms with Gasteiger partial charge in [-0.3, -0.25) is 9.69 Å². The van der Waals surface area contributed by atoms with E-state index in [9.17, 15) is 4.79 Å². The normalized spacial score (nSPS) is 26.2. The quantitative estimate of drug-likeness (QED) is 0.715. The van der Waals surface area contributed by atoms with Gasteiger partial charge in [-0.05, 0) is 45.7 Å². The van der Waals surface area contributed by atoms with Crippen molar-refractivity contribution in [2.75, 3.05) is 19.7 Å². The first-order valence-corrected chi connectivity index (χ1v) is 6.78. The second kappa shape index (κ2) is 6.97. The average molecular weight is 242 g/mol. The molecule has 3 atom stereocenters. The van der Waals surface area contributed by atoms with Gasteiger partial charge >= 0.3 is 5.97 Å². The zero-order valence-corrected chi connectivity index (χ0v) is 11.3. The van der Waals surface area contributed by atoms with Gasteiger partial charge in [-0.2, -0.15) is 0 Å². The lowest BCUT2D eigenvalue weighted by atomic mass is 10.0. The van der Waals surface area contributed by atoms with Crippen LogP contribution in [0.3, 0.4) is 0 Å². The van der Waals surface area contributed by atoms with Crippen LogP contribution >= 0.6 is 0 Å². The molecule has 1 aliphatic carbocycles. The Bertz CT molecular complexity index is 246. The van der Waals surface area contributed by atoms with Crippen molar-refractivity contribution in [3.63, 3.8) is 0 Å². The molecule has 4 nitrogen and oxygen atoms in total. The summed E-state index contributed by atoms with van der Waals surface area (Å²) in [5.74, 6) is 0.420. The number of nitrogens with two attached hydrogens (primary N) is 1. The molecular formula is C13H26N2O2. The number of carbonyl (C=O) groups excluding carboxylic acids is 1. The van der Waals surface area contributed by atoms with Crippen molar-refractivity contribution in [3.05, 3.63) is 0 Å². The highest BCUT2D eigenvalue weighted by Gasteiger charge is 2.35. The van der Waals surface area contributed by atoms with Gasteiger partial charge in [-0.25, -0.2) is 0 Å². The van der Waals surface area contributed by atoms with Crippen LogP contribution in [0.5, 0.6) is 0 Å². The van der Waals surface area contributed by atoms with Crippen LogP contribution in [0.1, 0.15) is 40.0 Å². The molecule has 1 rings (SSSR count). The number of hydrogen-bond donors (Lipinski definition) is 1. The van der Waals surface area contributed by atoms with E-state index in [-0.39, 0.29) is 12.0 Å².